The molecule has 118 valence electrons. The van der Waals surface area contributed by atoms with E-state index in [1.54, 1.807) is 6.07 Å². The Balaban J connectivity index is 2.09. The van der Waals surface area contributed by atoms with Crippen LogP contribution in [0.2, 0.25) is 10.0 Å². The molecule has 0 aromatic heterocycles. The van der Waals surface area contributed by atoms with Crippen molar-refractivity contribution in [1.82, 2.24) is 5.32 Å². The minimum Gasteiger partial charge on any atom is -0.489 e. The van der Waals surface area contributed by atoms with Gasteiger partial charge in [-0.1, -0.05) is 59.0 Å². The van der Waals surface area contributed by atoms with Gasteiger partial charge in [0.05, 0.1) is 10.0 Å². The molecule has 0 unspecified atom stereocenters. The molecule has 5 heteroatoms. The summed E-state index contributed by atoms with van der Waals surface area (Å²) >= 11 is 15.5. The largest absolute Gasteiger partial charge is 0.489 e. The Morgan fingerprint density at radius 2 is 1.86 bits per heavy atom. The number of ether oxygens (including phenoxy) is 1. The topological polar surface area (TPSA) is 21.3 Å². The van der Waals surface area contributed by atoms with Crippen LogP contribution in [0.1, 0.15) is 25.0 Å². The Morgan fingerprint density at radius 3 is 2.55 bits per heavy atom. The van der Waals surface area contributed by atoms with Crippen molar-refractivity contribution in [2.75, 3.05) is 0 Å². The Kier molecular flexibility index (Phi) is 6.57. The fraction of sp³-hybridized carbons (Fsp3) is 0.294. The highest BCUT2D eigenvalue weighted by molar-refractivity contribution is 9.10. The lowest BCUT2D eigenvalue weighted by atomic mass is 10.2. The van der Waals surface area contributed by atoms with Gasteiger partial charge in [-0.2, -0.15) is 0 Å². The van der Waals surface area contributed by atoms with Crippen LogP contribution in [0.4, 0.5) is 0 Å². The monoisotopic (exact) mass is 401 g/mol. The van der Waals surface area contributed by atoms with Crippen LogP contribution in [0.3, 0.4) is 0 Å². The van der Waals surface area contributed by atoms with E-state index in [2.05, 4.69) is 41.2 Å². The second-order valence-corrected chi connectivity index (χ2v) is 7.05. The Labute approximate surface area is 149 Å². The maximum absolute atomic E-state index is 6.03. The minimum absolute atomic E-state index is 0.418. The predicted molar refractivity (Wildman–Crippen MR) is 96.9 cm³/mol. The van der Waals surface area contributed by atoms with Gasteiger partial charge in [0.15, 0.2) is 0 Å². The van der Waals surface area contributed by atoms with E-state index < -0.39 is 0 Å². The molecule has 2 aromatic rings. The highest BCUT2D eigenvalue weighted by Crippen LogP contribution is 2.26. The highest BCUT2D eigenvalue weighted by Gasteiger charge is 2.07. The molecule has 0 aliphatic carbocycles. The maximum Gasteiger partial charge on any atom is 0.124 e. The summed E-state index contributed by atoms with van der Waals surface area (Å²) < 4.78 is 6.98. The van der Waals surface area contributed by atoms with Gasteiger partial charge in [-0.3, -0.25) is 0 Å². The molecular formula is C17H18BrCl2NO. The van der Waals surface area contributed by atoms with E-state index in [9.17, 15) is 0 Å². The van der Waals surface area contributed by atoms with Crippen LogP contribution in [0, 0.1) is 0 Å². The van der Waals surface area contributed by atoms with Crippen LogP contribution in [0.15, 0.2) is 40.9 Å². The molecular weight excluding hydrogens is 385 g/mol. The maximum atomic E-state index is 6.03. The normalized spacial score (nSPS) is 11.0. The quantitative estimate of drug-likeness (QED) is 0.655. The SMILES string of the molecule is CC(C)NCc1cc(Br)ccc1OCc1ccc(Cl)c(Cl)c1. The van der Waals surface area contributed by atoms with E-state index >= 15 is 0 Å². The van der Waals surface area contributed by atoms with Crippen LogP contribution >= 0.6 is 39.1 Å². The van der Waals surface area contributed by atoms with Crippen LogP contribution < -0.4 is 10.1 Å². The highest BCUT2D eigenvalue weighted by atomic mass is 79.9. The lowest BCUT2D eigenvalue weighted by Gasteiger charge is -2.14. The molecule has 0 saturated carbocycles. The fourth-order valence-corrected chi connectivity index (χ4v) is 2.66. The molecule has 2 rings (SSSR count). The van der Waals surface area contributed by atoms with Gasteiger partial charge in [0.2, 0.25) is 0 Å². The number of hydrogen-bond donors (Lipinski definition) is 1. The van der Waals surface area contributed by atoms with E-state index in [0.29, 0.717) is 22.7 Å². The van der Waals surface area contributed by atoms with Gasteiger partial charge in [0, 0.05) is 22.6 Å². The summed E-state index contributed by atoms with van der Waals surface area (Å²) in [6, 6.07) is 12.0. The first-order valence-electron chi connectivity index (χ1n) is 7.04. The van der Waals surface area contributed by atoms with Gasteiger partial charge in [0.25, 0.3) is 0 Å². The first-order chi connectivity index (χ1) is 10.5. The zero-order chi connectivity index (χ0) is 16.1. The van der Waals surface area contributed by atoms with E-state index in [1.807, 2.05) is 24.3 Å². The molecule has 2 aromatic carbocycles. The summed E-state index contributed by atoms with van der Waals surface area (Å²) in [7, 11) is 0. The van der Waals surface area contributed by atoms with E-state index in [4.69, 9.17) is 27.9 Å². The predicted octanol–water partition coefficient (Wildman–Crippen LogP) is 5.83. The van der Waals surface area contributed by atoms with Crippen LogP contribution in [-0.4, -0.2) is 6.04 Å². The number of nitrogens with one attached hydrogen (secondary N) is 1. The van der Waals surface area contributed by atoms with Crippen molar-refractivity contribution in [2.24, 2.45) is 0 Å². The molecule has 22 heavy (non-hydrogen) atoms. The van der Waals surface area contributed by atoms with Crippen LogP contribution in [0.5, 0.6) is 5.75 Å². The minimum atomic E-state index is 0.418. The molecule has 0 atom stereocenters. The van der Waals surface area contributed by atoms with Crippen molar-refractivity contribution in [2.45, 2.75) is 33.0 Å². The summed E-state index contributed by atoms with van der Waals surface area (Å²) in [5, 5.41) is 4.50. The van der Waals surface area contributed by atoms with Crippen molar-refractivity contribution in [1.29, 1.82) is 0 Å². The van der Waals surface area contributed by atoms with E-state index in [0.717, 1.165) is 27.9 Å². The lowest BCUT2D eigenvalue weighted by Crippen LogP contribution is -2.22. The first-order valence-corrected chi connectivity index (χ1v) is 8.59. The van der Waals surface area contributed by atoms with Gasteiger partial charge >= 0.3 is 0 Å². The third-order valence-electron chi connectivity index (χ3n) is 3.10. The summed E-state index contributed by atoms with van der Waals surface area (Å²) in [6.45, 7) is 5.45. The molecule has 1 N–H and O–H groups in total. The molecule has 0 amide bonds. The lowest BCUT2D eigenvalue weighted by molar-refractivity contribution is 0.301. The summed E-state index contributed by atoms with van der Waals surface area (Å²) in [6.07, 6.45) is 0. The second kappa shape index (κ2) is 8.21. The van der Waals surface area contributed by atoms with Gasteiger partial charge in [-0.05, 0) is 35.9 Å². The zero-order valence-corrected chi connectivity index (χ0v) is 15.6. The number of benzene rings is 2. The Hall–Kier alpha value is -0.740. The molecule has 0 fully saturated rings. The van der Waals surface area contributed by atoms with E-state index in [-0.39, 0.29) is 0 Å². The molecule has 0 saturated heterocycles. The molecule has 0 heterocycles. The van der Waals surface area contributed by atoms with Crippen molar-refractivity contribution in [3.05, 3.63) is 62.0 Å². The summed E-state index contributed by atoms with van der Waals surface area (Å²) in [5.41, 5.74) is 2.10. The van der Waals surface area contributed by atoms with Gasteiger partial charge in [-0.25, -0.2) is 0 Å². The van der Waals surface area contributed by atoms with Crippen LogP contribution in [-0.2, 0) is 13.2 Å². The molecule has 2 nitrogen and oxygen atoms in total. The zero-order valence-electron chi connectivity index (χ0n) is 12.5. The van der Waals surface area contributed by atoms with E-state index in [1.165, 1.54) is 0 Å². The molecule has 0 radical (unpaired) electrons. The third kappa shape index (κ3) is 5.17. The Bertz CT molecular complexity index is 647. The number of halogens is 3. The van der Waals surface area contributed by atoms with Crippen molar-refractivity contribution in [3.8, 4) is 5.75 Å². The molecule has 0 aliphatic heterocycles. The average Bonchev–Trinajstić information content (AvgIpc) is 2.47. The average molecular weight is 403 g/mol. The van der Waals surface area contributed by atoms with Crippen molar-refractivity contribution in [3.63, 3.8) is 0 Å². The molecule has 0 spiro atoms. The Morgan fingerprint density at radius 1 is 1.09 bits per heavy atom. The summed E-state index contributed by atoms with van der Waals surface area (Å²) in [5.74, 6) is 0.863. The third-order valence-corrected chi connectivity index (χ3v) is 4.33. The van der Waals surface area contributed by atoms with Gasteiger partial charge < -0.3 is 10.1 Å². The van der Waals surface area contributed by atoms with Crippen molar-refractivity contribution < 1.29 is 4.74 Å². The van der Waals surface area contributed by atoms with Gasteiger partial charge in [0.1, 0.15) is 12.4 Å². The first kappa shape index (κ1) is 17.6. The number of hydrogen-bond acceptors (Lipinski definition) is 2. The molecule has 0 bridgehead atoms. The smallest absolute Gasteiger partial charge is 0.124 e. The molecule has 0 aliphatic rings. The number of rotatable bonds is 6. The second-order valence-electron chi connectivity index (χ2n) is 5.32. The summed E-state index contributed by atoms with van der Waals surface area (Å²) in [4.78, 5) is 0. The van der Waals surface area contributed by atoms with Crippen molar-refractivity contribution >= 4 is 39.1 Å². The van der Waals surface area contributed by atoms with Crippen LogP contribution in [0.25, 0.3) is 0 Å². The van der Waals surface area contributed by atoms with Gasteiger partial charge in [-0.15, -0.1) is 0 Å². The fourth-order valence-electron chi connectivity index (χ4n) is 1.93. The standard InChI is InChI=1S/C17H18BrCl2NO/c1-11(2)21-9-13-8-14(18)4-6-17(13)22-10-12-3-5-15(19)16(20)7-12/h3-8,11,21H,9-10H2,1-2H3.